The Morgan fingerprint density at radius 2 is 1.67 bits per heavy atom. The first kappa shape index (κ1) is 21.2. The first-order chi connectivity index (χ1) is 15.9. The molecule has 0 amide bonds. The molecule has 0 radical (unpaired) electrons. The van der Waals surface area contributed by atoms with E-state index in [1.54, 1.807) is 0 Å². The van der Waals surface area contributed by atoms with E-state index in [2.05, 4.69) is 13.8 Å². The van der Waals surface area contributed by atoms with Gasteiger partial charge < -0.3 is 9.47 Å². The molecule has 0 aromatic carbocycles. The van der Waals surface area contributed by atoms with Crippen molar-refractivity contribution in [1.29, 1.82) is 0 Å². The smallest absolute Gasteiger partial charge is 0.309 e. The average molecular weight is 455 g/mol. The third-order valence-electron chi connectivity index (χ3n) is 12.5. The second kappa shape index (κ2) is 7.23. The molecule has 8 aliphatic carbocycles. The minimum absolute atomic E-state index is 0.00941. The van der Waals surface area contributed by atoms with E-state index in [-0.39, 0.29) is 35.5 Å². The molecule has 8 bridgehead atoms. The normalized spacial score (nSPS) is 55.2. The van der Waals surface area contributed by atoms with Crippen LogP contribution >= 0.6 is 0 Å². The molecule has 8 rings (SSSR count). The zero-order valence-electron chi connectivity index (χ0n) is 20.7. The van der Waals surface area contributed by atoms with Crippen LogP contribution in [0.2, 0.25) is 0 Å². The molecular formula is C29H42O4. The lowest BCUT2D eigenvalue weighted by molar-refractivity contribution is -0.184. The molecule has 0 spiro atoms. The molecule has 8 aliphatic rings. The maximum Gasteiger partial charge on any atom is 0.309 e. The highest BCUT2D eigenvalue weighted by Gasteiger charge is 2.68. The van der Waals surface area contributed by atoms with E-state index in [1.807, 2.05) is 6.92 Å². The fourth-order valence-corrected chi connectivity index (χ4v) is 11.3. The topological polar surface area (TPSA) is 52.6 Å². The minimum Gasteiger partial charge on any atom is -0.462 e. The van der Waals surface area contributed by atoms with Crippen molar-refractivity contribution in [2.45, 2.75) is 96.7 Å². The summed E-state index contributed by atoms with van der Waals surface area (Å²) < 4.78 is 12.8. The lowest BCUT2D eigenvalue weighted by atomic mass is 9.66. The van der Waals surface area contributed by atoms with Gasteiger partial charge in [0, 0.05) is 5.92 Å². The predicted molar refractivity (Wildman–Crippen MR) is 124 cm³/mol. The fourth-order valence-electron chi connectivity index (χ4n) is 11.3. The number of ether oxygens (including phenoxy) is 2. The lowest BCUT2D eigenvalue weighted by Gasteiger charge is -2.45. The third kappa shape index (κ3) is 2.76. The third-order valence-corrected chi connectivity index (χ3v) is 12.5. The molecule has 4 heteroatoms. The zero-order valence-corrected chi connectivity index (χ0v) is 20.7. The summed E-state index contributed by atoms with van der Waals surface area (Å²) >= 11 is 0. The number of esters is 2. The van der Waals surface area contributed by atoms with Crippen molar-refractivity contribution in [3.63, 3.8) is 0 Å². The van der Waals surface area contributed by atoms with Gasteiger partial charge in [-0.15, -0.1) is 0 Å². The van der Waals surface area contributed by atoms with E-state index in [9.17, 15) is 9.59 Å². The Balaban J connectivity index is 1.07. The SMILES string of the molecule is CCC(C)C(=O)OC1CC2CC1C1C3CC(CC3C(=O)OC3(CC)C4CC5CC(C4)C3C5)C21. The molecule has 8 fully saturated rings. The van der Waals surface area contributed by atoms with E-state index in [1.165, 1.54) is 38.5 Å². The van der Waals surface area contributed by atoms with Gasteiger partial charge in [0.1, 0.15) is 11.7 Å². The molecule has 4 nitrogen and oxygen atoms in total. The van der Waals surface area contributed by atoms with Gasteiger partial charge in [-0.1, -0.05) is 20.8 Å². The number of carbonyl (C=O) groups excluding carboxylic acids is 2. The average Bonchev–Trinajstić information content (AvgIpc) is 3.63. The Kier molecular flexibility index (Phi) is 4.65. The van der Waals surface area contributed by atoms with Crippen LogP contribution < -0.4 is 0 Å². The van der Waals surface area contributed by atoms with Crippen LogP contribution in [0.1, 0.15) is 85.0 Å². The molecule has 182 valence electrons. The summed E-state index contributed by atoms with van der Waals surface area (Å²) in [6, 6.07) is 0. The molecular weight excluding hydrogens is 412 g/mol. The van der Waals surface area contributed by atoms with Crippen LogP contribution in [0.25, 0.3) is 0 Å². The van der Waals surface area contributed by atoms with Crippen LogP contribution in [-0.2, 0) is 19.1 Å². The molecule has 0 aromatic rings. The highest BCUT2D eigenvalue weighted by Crippen LogP contribution is 2.70. The second-order valence-corrected chi connectivity index (χ2v) is 13.4. The monoisotopic (exact) mass is 454 g/mol. The predicted octanol–water partition coefficient (Wildman–Crippen LogP) is 5.63. The summed E-state index contributed by atoms with van der Waals surface area (Å²) in [6.45, 7) is 6.30. The quantitative estimate of drug-likeness (QED) is 0.385. The summed E-state index contributed by atoms with van der Waals surface area (Å²) in [7, 11) is 0. The Labute approximate surface area is 198 Å². The summed E-state index contributed by atoms with van der Waals surface area (Å²) in [6.07, 6.45) is 11.8. The summed E-state index contributed by atoms with van der Waals surface area (Å²) in [5.74, 6) is 6.93. The maximum absolute atomic E-state index is 13.8. The first-order valence-electron chi connectivity index (χ1n) is 14.4. The Morgan fingerprint density at radius 1 is 0.879 bits per heavy atom. The van der Waals surface area contributed by atoms with E-state index in [4.69, 9.17) is 9.47 Å². The fraction of sp³-hybridized carbons (Fsp3) is 0.931. The van der Waals surface area contributed by atoms with Gasteiger partial charge in [0.2, 0.25) is 0 Å². The molecule has 0 N–H and O–H groups in total. The van der Waals surface area contributed by atoms with Gasteiger partial charge in [0.15, 0.2) is 0 Å². The standard InChI is InChI=1S/C29H42O4/c1-4-14(3)27(30)32-24-13-18-12-22(24)26-20-10-17(25(18)26)11-21(20)28(31)33-29(5-2)19-7-15-6-16(9-19)23(29)8-15/h14-26H,4-13H2,1-3H3. The second-order valence-electron chi connectivity index (χ2n) is 13.4. The molecule has 0 aromatic heterocycles. The molecule has 0 aliphatic heterocycles. The van der Waals surface area contributed by atoms with E-state index >= 15 is 0 Å². The van der Waals surface area contributed by atoms with E-state index in [0.717, 1.165) is 43.4 Å². The van der Waals surface area contributed by atoms with E-state index in [0.29, 0.717) is 41.4 Å². The van der Waals surface area contributed by atoms with Crippen molar-refractivity contribution in [1.82, 2.24) is 0 Å². The molecule has 0 heterocycles. The van der Waals surface area contributed by atoms with Crippen molar-refractivity contribution in [2.24, 2.45) is 71.0 Å². The van der Waals surface area contributed by atoms with E-state index < -0.39 is 0 Å². The lowest BCUT2D eigenvalue weighted by Crippen LogP contribution is -2.49. The van der Waals surface area contributed by atoms with Gasteiger partial charge in [0.05, 0.1) is 11.8 Å². The van der Waals surface area contributed by atoms with Crippen molar-refractivity contribution in [3.05, 3.63) is 0 Å². The van der Waals surface area contributed by atoms with Gasteiger partial charge in [-0.25, -0.2) is 0 Å². The van der Waals surface area contributed by atoms with Crippen LogP contribution in [0.15, 0.2) is 0 Å². The van der Waals surface area contributed by atoms with Crippen LogP contribution in [0, 0.1) is 71.0 Å². The number of hydrogen-bond acceptors (Lipinski definition) is 4. The molecule has 8 saturated carbocycles. The molecule has 33 heavy (non-hydrogen) atoms. The summed E-state index contributed by atoms with van der Waals surface area (Å²) in [4.78, 5) is 26.3. The van der Waals surface area contributed by atoms with Crippen LogP contribution in [0.4, 0.5) is 0 Å². The van der Waals surface area contributed by atoms with Crippen molar-refractivity contribution >= 4 is 11.9 Å². The number of fused-ring (bicyclic) bond motifs is 9. The number of rotatable bonds is 6. The largest absolute Gasteiger partial charge is 0.462 e. The Bertz CT molecular complexity index is 849. The van der Waals surface area contributed by atoms with Crippen LogP contribution in [0.3, 0.4) is 0 Å². The van der Waals surface area contributed by atoms with Crippen molar-refractivity contribution < 1.29 is 19.1 Å². The van der Waals surface area contributed by atoms with Crippen LogP contribution in [0.5, 0.6) is 0 Å². The van der Waals surface area contributed by atoms with Crippen molar-refractivity contribution in [2.75, 3.05) is 0 Å². The van der Waals surface area contributed by atoms with Gasteiger partial charge in [0.25, 0.3) is 0 Å². The maximum atomic E-state index is 13.8. The van der Waals surface area contributed by atoms with Crippen molar-refractivity contribution in [3.8, 4) is 0 Å². The van der Waals surface area contributed by atoms with Crippen LogP contribution in [-0.4, -0.2) is 23.6 Å². The number of hydrogen-bond donors (Lipinski definition) is 0. The van der Waals surface area contributed by atoms with Gasteiger partial charge >= 0.3 is 11.9 Å². The zero-order chi connectivity index (χ0) is 22.6. The van der Waals surface area contributed by atoms with Gasteiger partial charge in [-0.05, 0) is 117 Å². The molecule has 14 atom stereocenters. The molecule has 0 saturated heterocycles. The summed E-state index contributed by atoms with van der Waals surface area (Å²) in [5, 5.41) is 0. The molecule has 14 unspecified atom stereocenters. The summed E-state index contributed by atoms with van der Waals surface area (Å²) in [5.41, 5.74) is -0.154. The Morgan fingerprint density at radius 3 is 2.42 bits per heavy atom. The first-order valence-corrected chi connectivity index (χ1v) is 14.4. The van der Waals surface area contributed by atoms with Gasteiger partial charge in [-0.3, -0.25) is 9.59 Å². The van der Waals surface area contributed by atoms with Gasteiger partial charge in [-0.2, -0.15) is 0 Å². The highest BCUT2D eigenvalue weighted by atomic mass is 16.6. The Hall–Kier alpha value is -1.06. The highest BCUT2D eigenvalue weighted by molar-refractivity contribution is 5.74. The number of carbonyl (C=O) groups is 2. The minimum atomic E-state index is -0.154.